The number of nitrogens with zero attached hydrogens (tertiary/aromatic N) is 15. The van der Waals surface area contributed by atoms with Gasteiger partial charge in [0.25, 0.3) is 0 Å². The molecule has 0 amide bonds. The molecule has 0 saturated carbocycles. The molecule has 0 unspecified atom stereocenters. The molecule has 0 bridgehead atoms. The Labute approximate surface area is 775 Å². The molecule has 11 rings (SSSR count). The molecule has 0 saturated heterocycles. The molecular weight excluding hydrogens is 1600 g/mol. The molecule has 11 heterocycles. The molecule has 0 spiro atoms. The Hall–Kier alpha value is -7.33. The van der Waals surface area contributed by atoms with Crippen molar-refractivity contribution in [3.8, 4) is 0 Å². The van der Waals surface area contributed by atoms with Crippen LogP contribution >= 0.6 is 45.3 Å². The predicted molar refractivity (Wildman–Crippen MR) is 551 cm³/mol. The van der Waals surface area contributed by atoms with E-state index in [2.05, 4.69) is 321 Å². The van der Waals surface area contributed by atoms with Gasteiger partial charge in [0.2, 0.25) is 0 Å². The number of hydrogen-bond acceptors (Lipinski definition) is 19. The van der Waals surface area contributed by atoms with Gasteiger partial charge in [0.15, 0.2) is 5.89 Å². The van der Waals surface area contributed by atoms with Crippen LogP contribution in [0.3, 0.4) is 0 Å². The van der Waals surface area contributed by atoms with Gasteiger partial charge >= 0.3 is 0 Å². The number of hydrogen-bond donors (Lipinski definition) is 0. The fourth-order valence-corrected chi connectivity index (χ4v) is 10.3. The first-order valence-corrected chi connectivity index (χ1v) is 48.5. The summed E-state index contributed by atoms with van der Waals surface area (Å²) in [6, 6.07) is 13.9. The SMILES string of the molecule is CC.CC.CC.CC.CC.CC.CC.CC.CC.CC.CC(C)(C)c1ccccn1.CC(C)(C)c1ccon1.CC(C)(C)c1ccsc1.CC(C)(C)c1cnccn1.CC(C)(C)c1ncccn1.CC(C)(C)c1ncco1.CC(C)(C)c1nccs1.CC(C)(C)c1nccs1.CC(C)(C)n1cccn1.CC(C)(C)n1ccnc1.Cc1nnc(C(C)(C)C)s1. The zero-order valence-corrected chi connectivity index (χ0v) is 92.5. The van der Waals surface area contributed by atoms with E-state index < -0.39 is 0 Å². The van der Waals surface area contributed by atoms with Crippen LogP contribution in [0.5, 0.6) is 0 Å². The number of aromatic nitrogens is 15. The number of oxazole rings is 1. The Morgan fingerprint density at radius 2 is 0.780 bits per heavy atom. The summed E-state index contributed by atoms with van der Waals surface area (Å²) in [6.45, 7) is 113. The summed E-state index contributed by atoms with van der Waals surface area (Å²) in [5.74, 6) is 1.69. The Bertz CT molecular complexity index is 3230. The number of aryl methyl sites for hydroxylation is 1. The summed E-state index contributed by atoms with van der Waals surface area (Å²) in [6.07, 6.45) is 28.5. The third-order valence-electron chi connectivity index (χ3n) is 13.5. The molecule has 0 aliphatic heterocycles. The third-order valence-corrected chi connectivity index (χ3v) is 17.8. The van der Waals surface area contributed by atoms with Crippen molar-refractivity contribution in [3.63, 3.8) is 0 Å². The van der Waals surface area contributed by atoms with Crippen LogP contribution in [-0.2, 0) is 59.8 Å². The molecule has 0 aromatic carbocycles. The molecule has 0 atom stereocenters. The zero-order chi connectivity index (χ0) is 99.0. The first-order chi connectivity index (χ1) is 57.1. The van der Waals surface area contributed by atoms with E-state index in [4.69, 9.17) is 8.94 Å². The third kappa shape index (κ3) is 73.6. The molecule has 0 aliphatic rings. The lowest BCUT2D eigenvalue weighted by Gasteiger charge is -2.19. The molecule has 0 N–H and O–H groups in total. The fourth-order valence-electron chi connectivity index (χ4n) is 7.17. The molecule has 708 valence electrons. The second-order valence-electron chi connectivity index (χ2n) is 35.4. The van der Waals surface area contributed by atoms with Crippen molar-refractivity contribution in [2.24, 2.45) is 0 Å². The first-order valence-electron chi connectivity index (χ1n) is 44.9. The summed E-state index contributed by atoms with van der Waals surface area (Å²) < 4.78 is 13.8. The normalized spacial score (nSPS) is 10.4. The van der Waals surface area contributed by atoms with Crippen LogP contribution in [0.2, 0.25) is 0 Å². The van der Waals surface area contributed by atoms with Crippen molar-refractivity contribution in [3.05, 3.63) is 218 Å². The molecule has 11 aromatic heterocycles. The van der Waals surface area contributed by atoms with Crippen molar-refractivity contribution < 1.29 is 8.94 Å². The van der Waals surface area contributed by atoms with Crippen LogP contribution in [0.4, 0.5) is 0 Å². The number of rotatable bonds is 0. The molecule has 0 radical (unpaired) electrons. The number of imidazole rings is 1. The molecule has 21 heteroatoms. The Kier molecular flexibility index (Phi) is 82.9. The van der Waals surface area contributed by atoms with Crippen molar-refractivity contribution in [1.82, 2.24) is 74.6 Å². The van der Waals surface area contributed by atoms with Gasteiger partial charge in [0, 0.05) is 146 Å². The maximum Gasteiger partial charge on any atom is 0.199 e. The molecule has 0 fully saturated rings. The lowest BCUT2D eigenvalue weighted by molar-refractivity contribution is 0.355. The van der Waals surface area contributed by atoms with E-state index in [0.717, 1.165) is 38.8 Å². The van der Waals surface area contributed by atoms with Crippen molar-refractivity contribution in [2.75, 3.05) is 0 Å². The van der Waals surface area contributed by atoms with Crippen LogP contribution < -0.4 is 0 Å². The summed E-state index contributed by atoms with van der Waals surface area (Å²) in [5, 5.41) is 28.9. The summed E-state index contributed by atoms with van der Waals surface area (Å²) >= 11 is 6.88. The van der Waals surface area contributed by atoms with Gasteiger partial charge in [-0.15, -0.1) is 44.2 Å². The summed E-state index contributed by atoms with van der Waals surface area (Å²) in [5.41, 5.74) is 6.42. The highest BCUT2D eigenvalue weighted by Gasteiger charge is 2.22. The number of thiophene rings is 1. The van der Waals surface area contributed by atoms with E-state index in [0.29, 0.717) is 5.41 Å². The topological polar surface area (TPSA) is 204 Å². The van der Waals surface area contributed by atoms with Crippen molar-refractivity contribution in [2.45, 2.75) is 434 Å². The number of pyridine rings is 1. The highest BCUT2D eigenvalue weighted by atomic mass is 32.1. The van der Waals surface area contributed by atoms with E-state index >= 15 is 0 Å². The van der Waals surface area contributed by atoms with Crippen molar-refractivity contribution in [1.29, 1.82) is 0 Å². The zero-order valence-electron chi connectivity index (χ0n) is 89.2. The smallest absolute Gasteiger partial charge is 0.199 e. The maximum atomic E-state index is 5.09. The monoisotopic (exact) mass is 1780 g/mol. The summed E-state index contributed by atoms with van der Waals surface area (Å²) in [7, 11) is 0. The lowest BCUT2D eigenvalue weighted by atomic mass is 9.90. The quantitative estimate of drug-likeness (QED) is 0.139. The Balaban J connectivity index is -0.000000140. The van der Waals surface area contributed by atoms with Crippen LogP contribution in [0.25, 0.3) is 0 Å². The average Bonchev–Trinajstić information content (AvgIpc) is 1.77. The van der Waals surface area contributed by atoms with Crippen LogP contribution in [-0.4, -0.2) is 74.6 Å². The predicted octanol–water partition coefficient (Wildman–Crippen LogP) is 33.5. The standard InChI is InChI=1S/C9H13N.2C8H12N2.C8H12S.C7H12N2S.2C7H12N2.2C7H11NO.2C7H11NS.10C2H6/c1-9(2,3)8-6-4-5-7-10-8;1-8(2,3)7-6-9-4-5-10-7;1-8(2,3)7-9-5-4-6-10-7;1-8(2,3)7-4-5-9-6-7;1-5-8-9-6(10-5)7(2,3)4;1-7(2,3)9-5-4-8-6-9;1-7(2,3)9-6-4-5-8-9;1-7(2,3)6-8-4-5-9-6;1-7(2,3)6-4-5-9-8-6;2*1-7(2,3)6-8-4-5-9-6;10*1-2/h4-7H,1-3H3;2*4-6H,1-3H3;4-6H,1-3H3;1-4H3;2*4-6H,1-3H3;4*4-5H,1-3H3;10*1-2H3. The molecule has 11 aromatic rings. The second kappa shape index (κ2) is 74.9. The van der Waals surface area contributed by atoms with Gasteiger partial charge in [-0.05, 0) is 101 Å². The van der Waals surface area contributed by atoms with Gasteiger partial charge in [0.05, 0.1) is 39.5 Å². The van der Waals surface area contributed by atoms with E-state index in [1.165, 1.54) is 15.6 Å². The minimum Gasteiger partial charge on any atom is -0.448 e. The highest BCUT2D eigenvalue weighted by Crippen LogP contribution is 2.28. The largest absolute Gasteiger partial charge is 0.448 e. The van der Waals surface area contributed by atoms with Crippen LogP contribution in [0.1, 0.15) is 421 Å². The Morgan fingerprint density at radius 1 is 0.325 bits per heavy atom. The van der Waals surface area contributed by atoms with Crippen LogP contribution in [0, 0.1) is 6.92 Å². The molecule has 123 heavy (non-hydrogen) atoms. The lowest BCUT2D eigenvalue weighted by Crippen LogP contribution is -2.21. The first kappa shape index (κ1) is 136. The van der Waals surface area contributed by atoms with Gasteiger partial charge < -0.3 is 13.5 Å². The van der Waals surface area contributed by atoms with Crippen LogP contribution in [0.15, 0.2) is 172 Å². The van der Waals surface area contributed by atoms with Gasteiger partial charge in [0.1, 0.15) is 28.4 Å². The minimum absolute atomic E-state index is 0.0451. The average molecular weight is 1790 g/mol. The Morgan fingerprint density at radius 3 is 0.967 bits per heavy atom. The second-order valence-corrected chi connectivity index (χ2v) is 39.2. The highest BCUT2D eigenvalue weighted by molar-refractivity contribution is 7.11. The van der Waals surface area contributed by atoms with E-state index in [1.807, 2.05) is 228 Å². The number of thiazole rings is 2. The molecule has 0 aliphatic carbocycles. The molecule has 17 nitrogen and oxygen atoms in total. The van der Waals surface area contributed by atoms with Gasteiger partial charge in [-0.25, -0.2) is 29.9 Å². The van der Waals surface area contributed by atoms with Crippen molar-refractivity contribution >= 4 is 45.3 Å². The molecular formula is C102H189N15O2S4. The van der Waals surface area contributed by atoms with Gasteiger partial charge in [-0.1, -0.05) is 337 Å². The fraction of sp³-hybridized carbons (Fsp3) is 0.637. The van der Waals surface area contributed by atoms with E-state index in [-0.39, 0.29) is 54.4 Å². The van der Waals surface area contributed by atoms with E-state index in [9.17, 15) is 0 Å². The minimum atomic E-state index is 0.0451. The maximum absolute atomic E-state index is 5.09. The van der Waals surface area contributed by atoms with Gasteiger partial charge in [-0.3, -0.25) is 19.6 Å². The van der Waals surface area contributed by atoms with Gasteiger partial charge in [-0.2, -0.15) is 16.4 Å². The van der Waals surface area contributed by atoms with E-state index in [1.54, 1.807) is 107 Å². The summed E-state index contributed by atoms with van der Waals surface area (Å²) in [4.78, 5) is 37.1.